The van der Waals surface area contributed by atoms with E-state index in [0.717, 1.165) is 12.2 Å². The van der Waals surface area contributed by atoms with Crippen molar-refractivity contribution in [2.75, 3.05) is 5.32 Å². The van der Waals surface area contributed by atoms with Crippen molar-refractivity contribution in [3.05, 3.63) is 64.7 Å². The number of hydrogen-bond donors (Lipinski definition) is 1. The summed E-state index contributed by atoms with van der Waals surface area (Å²) in [6, 6.07) is 16.2. The second kappa shape index (κ2) is 5.37. The SMILES string of the molecule is Cc1ccc(CNc2ccccc2C#N)cc1C. The summed E-state index contributed by atoms with van der Waals surface area (Å²) in [6.45, 7) is 4.96. The van der Waals surface area contributed by atoms with E-state index in [-0.39, 0.29) is 0 Å². The smallest absolute Gasteiger partial charge is 0.101 e. The zero-order valence-corrected chi connectivity index (χ0v) is 10.7. The minimum Gasteiger partial charge on any atom is -0.380 e. The Balaban J connectivity index is 2.12. The minimum atomic E-state index is 0.682. The van der Waals surface area contributed by atoms with Crippen molar-refractivity contribution in [3.63, 3.8) is 0 Å². The quantitative estimate of drug-likeness (QED) is 0.880. The van der Waals surface area contributed by atoms with Gasteiger partial charge in [0.1, 0.15) is 6.07 Å². The van der Waals surface area contributed by atoms with Crippen LogP contribution in [0.4, 0.5) is 5.69 Å². The molecular formula is C16H16N2. The number of aryl methyl sites for hydroxylation is 2. The van der Waals surface area contributed by atoms with E-state index in [1.807, 2.05) is 24.3 Å². The van der Waals surface area contributed by atoms with Crippen LogP contribution in [0.25, 0.3) is 0 Å². The molecule has 0 amide bonds. The van der Waals surface area contributed by atoms with E-state index in [1.54, 1.807) is 0 Å². The highest BCUT2D eigenvalue weighted by atomic mass is 14.9. The van der Waals surface area contributed by atoms with Crippen molar-refractivity contribution in [3.8, 4) is 6.07 Å². The molecule has 90 valence electrons. The van der Waals surface area contributed by atoms with Crippen molar-refractivity contribution in [1.82, 2.24) is 0 Å². The molecule has 1 N–H and O–H groups in total. The van der Waals surface area contributed by atoms with Gasteiger partial charge in [-0.05, 0) is 42.7 Å². The maximum absolute atomic E-state index is 9.01. The zero-order chi connectivity index (χ0) is 13.0. The van der Waals surface area contributed by atoms with Crippen molar-refractivity contribution in [2.45, 2.75) is 20.4 Å². The fourth-order valence-electron chi connectivity index (χ4n) is 1.85. The Labute approximate surface area is 108 Å². The molecule has 0 saturated carbocycles. The Morgan fingerprint density at radius 2 is 1.83 bits per heavy atom. The average Bonchev–Trinajstić information content (AvgIpc) is 2.40. The predicted molar refractivity (Wildman–Crippen MR) is 74.4 cm³/mol. The number of rotatable bonds is 3. The van der Waals surface area contributed by atoms with Crippen molar-refractivity contribution in [2.24, 2.45) is 0 Å². The van der Waals surface area contributed by atoms with Crippen LogP contribution in [0.1, 0.15) is 22.3 Å². The molecule has 0 spiro atoms. The highest BCUT2D eigenvalue weighted by molar-refractivity contribution is 5.57. The standard InChI is InChI=1S/C16H16N2/c1-12-7-8-14(9-13(12)2)11-18-16-6-4-3-5-15(16)10-17/h3-9,18H,11H2,1-2H3. The third-order valence-corrected chi connectivity index (χ3v) is 3.10. The topological polar surface area (TPSA) is 35.8 Å². The van der Waals surface area contributed by atoms with Crippen LogP contribution in [-0.2, 0) is 6.54 Å². The lowest BCUT2D eigenvalue weighted by Gasteiger charge is -2.09. The van der Waals surface area contributed by atoms with E-state index in [0.29, 0.717) is 5.56 Å². The van der Waals surface area contributed by atoms with Crippen LogP contribution in [0.5, 0.6) is 0 Å². The number of nitriles is 1. The maximum atomic E-state index is 9.01. The van der Waals surface area contributed by atoms with E-state index < -0.39 is 0 Å². The van der Waals surface area contributed by atoms with Gasteiger partial charge in [0.05, 0.1) is 11.3 Å². The molecule has 18 heavy (non-hydrogen) atoms. The third-order valence-electron chi connectivity index (χ3n) is 3.10. The summed E-state index contributed by atoms with van der Waals surface area (Å²) in [7, 11) is 0. The molecule has 2 heteroatoms. The van der Waals surface area contributed by atoms with Crippen LogP contribution in [0, 0.1) is 25.2 Å². The molecule has 0 aliphatic rings. The third kappa shape index (κ3) is 2.70. The first-order valence-corrected chi connectivity index (χ1v) is 6.00. The van der Waals surface area contributed by atoms with E-state index in [9.17, 15) is 0 Å². The Morgan fingerprint density at radius 3 is 2.56 bits per heavy atom. The molecule has 0 fully saturated rings. The van der Waals surface area contributed by atoms with Crippen LogP contribution in [0.15, 0.2) is 42.5 Å². The number of hydrogen-bond acceptors (Lipinski definition) is 2. The molecule has 0 aliphatic carbocycles. The summed E-state index contributed by atoms with van der Waals surface area (Å²) in [5.74, 6) is 0. The van der Waals surface area contributed by atoms with Gasteiger partial charge in [0.15, 0.2) is 0 Å². The molecule has 0 atom stereocenters. The molecule has 0 aromatic heterocycles. The van der Waals surface area contributed by atoms with Crippen LogP contribution in [0.2, 0.25) is 0 Å². The number of nitrogens with one attached hydrogen (secondary N) is 1. The van der Waals surface area contributed by atoms with E-state index in [1.165, 1.54) is 16.7 Å². The highest BCUT2D eigenvalue weighted by Crippen LogP contribution is 2.16. The summed E-state index contributed by atoms with van der Waals surface area (Å²) in [5, 5.41) is 12.3. The zero-order valence-electron chi connectivity index (χ0n) is 10.7. The first-order chi connectivity index (χ1) is 8.70. The van der Waals surface area contributed by atoms with Crippen LogP contribution >= 0.6 is 0 Å². The molecule has 0 saturated heterocycles. The normalized spacial score (nSPS) is 9.83. The molecule has 0 bridgehead atoms. The van der Waals surface area contributed by atoms with E-state index >= 15 is 0 Å². The summed E-state index contributed by atoms with van der Waals surface area (Å²) in [6.07, 6.45) is 0. The molecule has 0 aliphatic heterocycles. The summed E-state index contributed by atoms with van der Waals surface area (Å²) < 4.78 is 0. The summed E-state index contributed by atoms with van der Waals surface area (Å²) >= 11 is 0. The molecular weight excluding hydrogens is 220 g/mol. The summed E-state index contributed by atoms with van der Waals surface area (Å²) in [5.41, 5.74) is 5.39. The van der Waals surface area contributed by atoms with E-state index in [2.05, 4.69) is 43.4 Å². The Morgan fingerprint density at radius 1 is 1.06 bits per heavy atom. The maximum Gasteiger partial charge on any atom is 0.101 e. The predicted octanol–water partition coefficient (Wildman–Crippen LogP) is 3.79. The minimum absolute atomic E-state index is 0.682. The van der Waals surface area contributed by atoms with Gasteiger partial charge in [-0.2, -0.15) is 5.26 Å². The molecule has 0 heterocycles. The molecule has 2 aromatic carbocycles. The molecule has 2 aromatic rings. The summed E-state index contributed by atoms with van der Waals surface area (Å²) in [4.78, 5) is 0. The van der Waals surface area contributed by atoms with Gasteiger partial charge in [-0.3, -0.25) is 0 Å². The van der Waals surface area contributed by atoms with Crippen LogP contribution in [0.3, 0.4) is 0 Å². The van der Waals surface area contributed by atoms with Gasteiger partial charge in [-0.25, -0.2) is 0 Å². The molecule has 0 radical (unpaired) electrons. The number of anilines is 1. The fourth-order valence-corrected chi connectivity index (χ4v) is 1.85. The largest absolute Gasteiger partial charge is 0.380 e. The van der Waals surface area contributed by atoms with Gasteiger partial charge >= 0.3 is 0 Å². The van der Waals surface area contributed by atoms with Crippen molar-refractivity contribution >= 4 is 5.69 Å². The number of benzene rings is 2. The number of para-hydroxylation sites is 1. The lowest BCUT2D eigenvalue weighted by Crippen LogP contribution is -2.01. The van der Waals surface area contributed by atoms with Crippen molar-refractivity contribution < 1.29 is 0 Å². The Bertz CT molecular complexity index is 594. The second-order valence-electron chi connectivity index (χ2n) is 4.43. The Kier molecular flexibility index (Phi) is 3.64. The molecule has 2 nitrogen and oxygen atoms in total. The first kappa shape index (κ1) is 12.2. The van der Waals surface area contributed by atoms with Gasteiger partial charge in [-0.15, -0.1) is 0 Å². The lowest BCUT2D eigenvalue weighted by atomic mass is 10.1. The van der Waals surface area contributed by atoms with Gasteiger partial charge in [-0.1, -0.05) is 30.3 Å². The lowest BCUT2D eigenvalue weighted by molar-refractivity contribution is 1.13. The van der Waals surface area contributed by atoms with Gasteiger partial charge in [0.25, 0.3) is 0 Å². The average molecular weight is 236 g/mol. The van der Waals surface area contributed by atoms with Gasteiger partial charge in [0, 0.05) is 6.54 Å². The Hall–Kier alpha value is -2.27. The van der Waals surface area contributed by atoms with Crippen LogP contribution in [-0.4, -0.2) is 0 Å². The number of nitrogens with zero attached hydrogens (tertiary/aromatic N) is 1. The highest BCUT2D eigenvalue weighted by Gasteiger charge is 2.01. The molecule has 0 unspecified atom stereocenters. The first-order valence-electron chi connectivity index (χ1n) is 6.00. The second-order valence-corrected chi connectivity index (χ2v) is 4.43. The van der Waals surface area contributed by atoms with Crippen molar-refractivity contribution in [1.29, 1.82) is 5.26 Å². The van der Waals surface area contributed by atoms with Crippen LogP contribution < -0.4 is 5.32 Å². The monoisotopic (exact) mass is 236 g/mol. The van der Waals surface area contributed by atoms with E-state index in [4.69, 9.17) is 5.26 Å². The molecule has 2 rings (SSSR count). The van der Waals surface area contributed by atoms with Gasteiger partial charge < -0.3 is 5.32 Å². The van der Waals surface area contributed by atoms with Gasteiger partial charge in [0.2, 0.25) is 0 Å². The fraction of sp³-hybridized carbons (Fsp3) is 0.188.